The van der Waals surface area contributed by atoms with Crippen LogP contribution in [0.1, 0.15) is 24.8 Å². The van der Waals surface area contributed by atoms with Gasteiger partial charge in [-0.1, -0.05) is 23.5 Å². The number of fused-ring (bicyclic) bond motifs is 1. The second kappa shape index (κ2) is 8.51. The van der Waals surface area contributed by atoms with Crippen molar-refractivity contribution >= 4 is 53.8 Å². The number of rotatable bonds is 7. The Labute approximate surface area is 196 Å². The quantitative estimate of drug-likeness (QED) is 0.395. The maximum absolute atomic E-state index is 12.8. The molecule has 1 aliphatic carbocycles. The van der Waals surface area contributed by atoms with Crippen LogP contribution < -0.4 is 10.1 Å². The highest BCUT2D eigenvalue weighted by atomic mass is 32.2. The Balaban J connectivity index is 1.26. The number of aromatic nitrogens is 2. The standard InChI is InChI=1S/C23H25N5O3S2/c1-28-12-11-15(13-28)31-19-10-9-18-22(26-19)32-23(25-18)27-21(29)20(24)14-3-5-16(6-4-14)33(2,30)17-7-8-17/h3-6,9-10,15,17,24H,2,7-8,11-13H2,1H3,(H,25,27,29)/t15-,33?/m0/s1. The van der Waals surface area contributed by atoms with Gasteiger partial charge in [0, 0.05) is 34.9 Å². The van der Waals surface area contributed by atoms with Gasteiger partial charge in [-0.05, 0) is 59.9 Å². The first-order valence-electron chi connectivity index (χ1n) is 10.8. The number of amides is 1. The van der Waals surface area contributed by atoms with E-state index in [2.05, 4.69) is 33.1 Å². The monoisotopic (exact) mass is 483 g/mol. The molecule has 0 bridgehead atoms. The lowest BCUT2D eigenvalue weighted by molar-refractivity contribution is -0.110. The van der Waals surface area contributed by atoms with E-state index >= 15 is 0 Å². The predicted octanol–water partition coefficient (Wildman–Crippen LogP) is 3.02. The summed E-state index contributed by atoms with van der Waals surface area (Å²) >= 11 is 1.24. The number of nitrogens with one attached hydrogen (secondary N) is 2. The second-order valence-corrected chi connectivity index (χ2v) is 12.1. The molecular formula is C23H25N5O3S2. The molecule has 2 atom stereocenters. The van der Waals surface area contributed by atoms with Crippen LogP contribution >= 0.6 is 11.3 Å². The van der Waals surface area contributed by atoms with Crippen molar-refractivity contribution in [2.24, 2.45) is 0 Å². The molecule has 10 heteroatoms. The van der Waals surface area contributed by atoms with Gasteiger partial charge in [0.05, 0.1) is 0 Å². The van der Waals surface area contributed by atoms with Gasteiger partial charge in [0.25, 0.3) is 5.91 Å². The van der Waals surface area contributed by atoms with Gasteiger partial charge >= 0.3 is 0 Å². The SMILES string of the molecule is C=S(=O)(c1ccc(C(=N)C(=O)Nc2nc3ccc(O[C@H]4CCN(C)C4)nc3s2)cc1)C1CC1. The number of hydrogen-bond donors (Lipinski definition) is 2. The number of carbonyl (C=O) groups excluding carboxylic acids is 1. The smallest absolute Gasteiger partial charge is 0.275 e. The van der Waals surface area contributed by atoms with Crippen LogP contribution in [0.3, 0.4) is 0 Å². The largest absolute Gasteiger partial charge is 0.473 e. The zero-order chi connectivity index (χ0) is 23.2. The summed E-state index contributed by atoms with van der Waals surface area (Å²) in [7, 11) is -0.238. The second-order valence-electron chi connectivity index (χ2n) is 8.56. The van der Waals surface area contributed by atoms with E-state index in [1.54, 1.807) is 30.3 Å². The molecule has 1 aromatic carbocycles. The van der Waals surface area contributed by atoms with Crippen molar-refractivity contribution in [2.75, 3.05) is 25.5 Å². The highest BCUT2D eigenvalue weighted by Crippen LogP contribution is 2.33. The van der Waals surface area contributed by atoms with Gasteiger partial charge < -0.3 is 9.64 Å². The van der Waals surface area contributed by atoms with E-state index in [1.807, 2.05) is 6.07 Å². The molecule has 1 saturated heterocycles. The first-order chi connectivity index (χ1) is 15.8. The third kappa shape index (κ3) is 4.64. The highest BCUT2D eigenvalue weighted by molar-refractivity contribution is 8.01. The number of carbonyl (C=O) groups is 1. The third-order valence-electron chi connectivity index (χ3n) is 5.92. The zero-order valence-electron chi connectivity index (χ0n) is 18.2. The summed E-state index contributed by atoms with van der Waals surface area (Å²) in [6.45, 7) is 1.88. The fraction of sp³-hybridized carbons (Fsp3) is 0.348. The fourth-order valence-corrected chi connectivity index (χ4v) is 6.57. The van der Waals surface area contributed by atoms with Crippen molar-refractivity contribution < 1.29 is 13.7 Å². The van der Waals surface area contributed by atoms with Crippen LogP contribution in [0.2, 0.25) is 0 Å². The predicted molar refractivity (Wildman–Crippen MR) is 132 cm³/mol. The molecule has 2 N–H and O–H groups in total. The summed E-state index contributed by atoms with van der Waals surface area (Å²) in [5.74, 6) is 3.88. The number of likely N-dealkylation sites (tertiary alicyclic amines) is 1. The van der Waals surface area contributed by atoms with Gasteiger partial charge in [0.1, 0.15) is 22.2 Å². The van der Waals surface area contributed by atoms with Crippen LogP contribution in [0.5, 0.6) is 5.88 Å². The van der Waals surface area contributed by atoms with E-state index in [1.165, 1.54) is 11.3 Å². The number of ether oxygens (including phenoxy) is 1. The lowest BCUT2D eigenvalue weighted by atomic mass is 10.1. The van der Waals surface area contributed by atoms with E-state index in [9.17, 15) is 9.00 Å². The first-order valence-corrected chi connectivity index (χ1v) is 13.4. The van der Waals surface area contributed by atoms with E-state index in [-0.39, 0.29) is 17.1 Å². The Hall–Kier alpha value is -2.82. The van der Waals surface area contributed by atoms with Crippen molar-refractivity contribution in [2.45, 2.75) is 35.5 Å². The summed E-state index contributed by atoms with van der Waals surface area (Å²) in [5, 5.41) is 11.5. The maximum atomic E-state index is 12.8. The molecule has 0 spiro atoms. The minimum atomic E-state index is -2.30. The Kier molecular flexibility index (Phi) is 5.67. The summed E-state index contributed by atoms with van der Waals surface area (Å²) < 4.78 is 18.7. The zero-order valence-corrected chi connectivity index (χ0v) is 19.9. The van der Waals surface area contributed by atoms with E-state index in [0.29, 0.717) is 31.8 Å². The number of hydrogen-bond acceptors (Lipinski definition) is 8. The van der Waals surface area contributed by atoms with Gasteiger partial charge in [0.15, 0.2) is 5.13 Å². The van der Waals surface area contributed by atoms with Crippen molar-refractivity contribution in [1.29, 1.82) is 5.41 Å². The van der Waals surface area contributed by atoms with Crippen LogP contribution in [0.4, 0.5) is 5.13 Å². The van der Waals surface area contributed by atoms with Crippen molar-refractivity contribution in [1.82, 2.24) is 14.9 Å². The topological polar surface area (TPSA) is 108 Å². The Morgan fingerprint density at radius 3 is 2.64 bits per heavy atom. The van der Waals surface area contributed by atoms with E-state index in [0.717, 1.165) is 32.4 Å². The van der Waals surface area contributed by atoms with Gasteiger partial charge in [-0.3, -0.25) is 19.7 Å². The molecule has 1 aliphatic heterocycles. The van der Waals surface area contributed by atoms with E-state index in [4.69, 9.17) is 10.1 Å². The molecule has 3 heterocycles. The number of benzene rings is 1. The number of likely N-dealkylation sites (N-methyl/N-ethyl adjacent to an activating group) is 1. The normalized spacial score (nSPS) is 20.5. The van der Waals surface area contributed by atoms with Gasteiger partial charge in [-0.25, -0.2) is 9.97 Å². The average molecular weight is 484 g/mol. The Morgan fingerprint density at radius 2 is 1.97 bits per heavy atom. The summed E-state index contributed by atoms with van der Waals surface area (Å²) in [4.78, 5) is 25.1. The first kappa shape index (κ1) is 22.0. The maximum Gasteiger partial charge on any atom is 0.275 e. The molecule has 0 radical (unpaired) electrons. The molecule has 1 amide bonds. The van der Waals surface area contributed by atoms with Crippen LogP contribution in [0.15, 0.2) is 41.3 Å². The number of anilines is 1. The van der Waals surface area contributed by atoms with Crippen molar-refractivity contribution in [3.63, 3.8) is 0 Å². The van der Waals surface area contributed by atoms with Crippen LogP contribution in [-0.2, 0) is 14.3 Å². The lowest BCUT2D eigenvalue weighted by Gasteiger charge is -2.12. The van der Waals surface area contributed by atoms with Crippen LogP contribution in [0.25, 0.3) is 10.3 Å². The lowest BCUT2D eigenvalue weighted by Crippen LogP contribution is -2.22. The third-order valence-corrected chi connectivity index (χ3v) is 9.42. The van der Waals surface area contributed by atoms with Gasteiger partial charge in [-0.15, -0.1) is 0 Å². The molecule has 2 fully saturated rings. The Morgan fingerprint density at radius 1 is 1.21 bits per heavy atom. The summed E-state index contributed by atoms with van der Waals surface area (Å²) in [5.41, 5.74) is 0.913. The van der Waals surface area contributed by atoms with Crippen molar-refractivity contribution in [3.05, 3.63) is 42.0 Å². The molecule has 1 unspecified atom stereocenters. The molecular weight excluding hydrogens is 458 g/mol. The molecule has 8 nitrogen and oxygen atoms in total. The number of thiazole rings is 1. The van der Waals surface area contributed by atoms with Gasteiger partial charge in [0.2, 0.25) is 5.88 Å². The van der Waals surface area contributed by atoms with Crippen LogP contribution in [-0.4, -0.2) is 68.1 Å². The van der Waals surface area contributed by atoms with Crippen LogP contribution in [0, 0.1) is 5.41 Å². The molecule has 2 aliphatic rings. The average Bonchev–Trinajstić information content (AvgIpc) is 3.48. The molecule has 2 aromatic heterocycles. The van der Waals surface area contributed by atoms with Gasteiger partial charge in [-0.2, -0.15) is 0 Å². The minimum absolute atomic E-state index is 0.125. The minimum Gasteiger partial charge on any atom is -0.473 e. The highest BCUT2D eigenvalue weighted by Gasteiger charge is 2.32. The fourth-order valence-electron chi connectivity index (χ4n) is 3.86. The number of nitrogens with zero attached hydrogens (tertiary/aromatic N) is 3. The molecule has 1 saturated carbocycles. The number of pyridine rings is 1. The summed E-state index contributed by atoms with van der Waals surface area (Å²) in [6, 6.07) is 10.3. The summed E-state index contributed by atoms with van der Waals surface area (Å²) in [6.07, 6.45) is 2.96. The van der Waals surface area contributed by atoms with Crippen molar-refractivity contribution in [3.8, 4) is 5.88 Å². The van der Waals surface area contributed by atoms with E-state index < -0.39 is 15.4 Å². The molecule has 5 rings (SSSR count). The molecule has 33 heavy (non-hydrogen) atoms. The Bertz CT molecular complexity index is 1330. The molecule has 172 valence electrons. The molecule has 3 aromatic rings.